The van der Waals surface area contributed by atoms with Gasteiger partial charge in [-0.05, 0) is 29.8 Å². The van der Waals surface area contributed by atoms with Crippen molar-refractivity contribution in [1.29, 1.82) is 0 Å². The minimum Gasteiger partial charge on any atom is -0.464 e. The first-order chi connectivity index (χ1) is 15.0. The Morgan fingerprint density at radius 2 is 1.77 bits per heavy atom. The number of nitrogens with zero attached hydrogens (tertiary/aromatic N) is 2. The first kappa shape index (κ1) is 20.4. The zero-order valence-corrected chi connectivity index (χ0v) is 17.2. The molecule has 156 valence electrons. The van der Waals surface area contributed by atoms with Gasteiger partial charge in [0.05, 0.1) is 17.5 Å². The summed E-state index contributed by atoms with van der Waals surface area (Å²) < 4.78 is 12.8. The molecule has 3 aromatic carbocycles. The largest absolute Gasteiger partial charge is 0.464 e. The molecule has 8 heteroatoms. The lowest BCUT2D eigenvalue weighted by atomic mass is 10.2. The molecule has 0 aliphatic heterocycles. The van der Waals surface area contributed by atoms with Crippen LogP contribution < -0.4 is 4.74 Å². The highest BCUT2D eigenvalue weighted by atomic mass is 35.5. The van der Waals surface area contributed by atoms with Crippen molar-refractivity contribution >= 4 is 34.2 Å². The Balaban J connectivity index is 1.93. The quantitative estimate of drug-likeness (QED) is 0.216. The van der Waals surface area contributed by atoms with Crippen LogP contribution in [-0.4, -0.2) is 22.6 Å². The van der Waals surface area contributed by atoms with E-state index in [1.54, 1.807) is 16.7 Å². The molecule has 0 N–H and O–H groups in total. The minimum atomic E-state index is -0.612. The molecule has 1 heterocycles. The highest BCUT2D eigenvalue weighted by molar-refractivity contribution is 6.30. The Labute approximate surface area is 182 Å². The first-order valence-corrected chi connectivity index (χ1v) is 9.72. The van der Waals surface area contributed by atoms with Crippen molar-refractivity contribution in [2.45, 2.75) is 6.54 Å². The molecule has 0 amide bonds. The average molecular weight is 437 g/mol. The predicted octanol–water partition coefficient (Wildman–Crippen LogP) is 5.83. The van der Waals surface area contributed by atoms with E-state index in [-0.39, 0.29) is 27.9 Å². The molecule has 0 bridgehead atoms. The monoisotopic (exact) mass is 436 g/mol. The normalized spacial score (nSPS) is 10.8. The summed E-state index contributed by atoms with van der Waals surface area (Å²) >= 11 is 5.92. The van der Waals surface area contributed by atoms with Crippen LogP contribution in [0.2, 0.25) is 5.02 Å². The number of ether oxygens (including phenoxy) is 2. The third-order valence-corrected chi connectivity index (χ3v) is 5.05. The van der Waals surface area contributed by atoms with Crippen molar-refractivity contribution in [3.8, 4) is 11.5 Å². The number of carbonyl (C=O) groups is 1. The molecular weight excluding hydrogens is 420 g/mol. The molecule has 4 aromatic rings. The molecular formula is C23H17ClN2O5. The van der Waals surface area contributed by atoms with Crippen LogP contribution in [0.1, 0.15) is 16.1 Å². The van der Waals surface area contributed by atoms with E-state index in [1.807, 2.05) is 42.5 Å². The molecule has 7 nitrogen and oxygen atoms in total. The fourth-order valence-electron chi connectivity index (χ4n) is 3.43. The van der Waals surface area contributed by atoms with Crippen molar-refractivity contribution in [3.63, 3.8) is 0 Å². The Morgan fingerprint density at radius 3 is 2.48 bits per heavy atom. The number of carbonyl (C=O) groups excluding carboxylic acids is 1. The van der Waals surface area contributed by atoms with E-state index >= 15 is 0 Å². The topological polar surface area (TPSA) is 83.6 Å². The van der Waals surface area contributed by atoms with E-state index < -0.39 is 10.9 Å². The van der Waals surface area contributed by atoms with Crippen LogP contribution in [0.15, 0.2) is 72.8 Å². The van der Waals surface area contributed by atoms with Gasteiger partial charge in [0.15, 0.2) is 11.4 Å². The van der Waals surface area contributed by atoms with Crippen LogP contribution in [0.3, 0.4) is 0 Å². The SMILES string of the molecule is COC(=O)c1c(Oc2ccc(Cl)cc2[N+](=O)[O-])c2ccccc2n1Cc1ccccc1. The van der Waals surface area contributed by atoms with Crippen LogP contribution in [0.5, 0.6) is 11.5 Å². The second-order valence-corrected chi connectivity index (χ2v) is 7.17. The number of hydrogen-bond acceptors (Lipinski definition) is 5. The van der Waals surface area contributed by atoms with E-state index in [2.05, 4.69) is 0 Å². The van der Waals surface area contributed by atoms with Gasteiger partial charge in [-0.2, -0.15) is 0 Å². The van der Waals surface area contributed by atoms with Crippen molar-refractivity contribution in [2.24, 2.45) is 0 Å². The number of para-hydroxylation sites is 1. The highest BCUT2D eigenvalue weighted by Gasteiger charge is 2.27. The average Bonchev–Trinajstić information content (AvgIpc) is 3.08. The fraction of sp³-hybridized carbons (Fsp3) is 0.0870. The van der Waals surface area contributed by atoms with E-state index in [1.165, 1.54) is 25.3 Å². The molecule has 0 aliphatic rings. The maximum absolute atomic E-state index is 12.8. The molecule has 31 heavy (non-hydrogen) atoms. The summed E-state index contributed by atoms with van der Waals surface area (Å²) in [4.78, 5) is 23.7. The van der Waals surface area contributed by atoms with Crippen LogP contribution in [-0.2, 0) is 11.3 Å². The number of fused-ring (bicyclic) bond motifs is 1. The third-order valence-electron chi connectivity index (χ3n) is 4.82. The van der Waals surface area contributed by atoms with Crippen LogP contribution >= 0.6 is 11.6 Å². The van der Waals surface area contributed by atoms with Gasteiger partial charge < -0.3 is 14.0 Å². The smallest absolute Gasteiger partial charge is 0.358 e. The van der Waals surface area contributed by atoms with Gasteiger partial charge in [0.1, 0.15) is 0 Å². The van der Waals surface area contributed by atoms with Crippen LogP contribution in [0.4, 0.5) is 5.69 Å². The van der Waals surface area contributed by atoms with Crippen LogP contribution in [0, 0.1) is 10.1 Å². The summed E-state index contributed by atoms with van der Waals surface area (Å²) in [5.41, 5.74) is 1.57. The van der Waals surface area contributed by atoms with Crippen molar-refractivity contribution in [2.75, 3.05) is 7.11 Å². The molecule has 0 unspecified atom stereocenters. The minimum absolute atomic E-state index is 0.0258. The Bertz CT molecular complexity index is 1280. The van der Waals surface area contributed by atoms with Gasteiger partial charge in [0.2, 0.25) is 5.75 Å². The number of nitro groups is 1. The molecule has 0 saturated heterocycles. The number of benzene rings is 3. The number of rotatable bonds is 6. The zero-order chi connectivity index (χ0) is 22.0. The molecule has 0 aliphatic carbocycles. The fourth-order valence-corrected chi connectivity index (χ4v) is 3.60. The summed E-state index contributed by atoms with van der Waals surface area (Å²) in [6, 6.07) is 21.0. The molecule has 0 fully saturated rings. The lowest BCUT2D eigenvalue weighted by molar-refractivity contribution is -0.385. The lowest BCUT2D eigenvalue weighted by Gasteiger charge is -2.11. The van der Waals surface area contributed by atoms with Gasteiger partial charge in [-0.15, -0.1) is 0 Å². The number of halogens is 1. The van der Waals surface area contributed by atoms with Gasteiger partial charge >= 0.3 is 11.7 Å². The van der Waals surface area contributed by atoms with Gasteiger partial charge in [-0.3, -0.25) is 10.1 Å². The summed E-state index contributed by atoms with van der Waals surface area (Å²) in [5.74, 6) is -0.454. The lowest BCUT2D eigenvalue weighted by Crippen LogP contribution is -2.12. The molecule has 0 atom stereocenters. The molecule has 0 spiro atoms. The Morgan fingerprint density at radius 1 is 1.06 bits per heavy atom. The van der Waals surface area contributed by atoms with Crippen LogP contribution in [0.25, 0.3) is 10.9 Å². The zero-order valence-electron chi connectivity index (χ0n) is 16.4. The van der Waals surface area contributed by atoms with E-state index in [9.17, 15) is 14.9 Å². The highest BCUT2D eigenvalue weighted by Crippen LogP contribution is 2.40. The number of nitro benzene ring substituents is 1. The standard InChI is InChI=1S/C23H17ClN2O5/c1-30-23(27)21-22(31-20-12-11-16(24)13-19(20)26(28)29)17-9-5-6-10-18(17)25(21)14-15-7-3-2-4-8-15/h2-13H,14H2,1H3. The van der Waals surface area contributed by atoms with Gasteiger partial charge in [-0.25, -0.2) is 4.79 Å². The maximum atomic E-state index is 12.8. The number of methoxy groups -OCH3 is 1. The van der Waals surface area contributed by atoms with Gasteiger partial charge in [0.25, 0.3) is 0 Å². The maximum Gasteiger partial charge on any atom is 0.358 e. The second kappa shape index (κ2) is 8.49. The molecule has 4 rings (SSSR count). The van der Waals surface area contributed by atoms with E-state index in [4.69, 9.17) is 21.1 Å². The first-order valence-electron chi connectivity index (χ1n) is 9.35. The second-order valence-electron chi connectivity index (χ2n) is 6.73. The van der Waals surface area contributed by atoms with Gasteiger partial charge in [-0.1, -0.05) is 54.1 Å². The Hall–Kier alpha value is -3.84. The van der Waals surface area contributed by atoms with Crippen molar-refractivity contribution < 1.29 is 19.2 Å². The predicted molar refractivity (Wildman–Crippen MR) is 117 cm³/mol. The summed E-state index contributed by atoms with van der Waals surface area (Å²) in [6.07, 6.45) is 0. The Kier molecular flexibility index (Phi) is 5.60. The molecule has 1 aromatic heterocycles. The third kappa shape index (κ3) is 3.95. The summed E-state index contributed by atoms with van der Waals surface area (Å²) in [5, 5.41) is 12.4. The number of esters is 1. The van der Waals surface area contributed by atoms with Crippen molar-refractivity contribution in [1.82, 2.24) is 4.57 Å². The van der Waals surface area contributed by atoms with E-state index in [0.717, 1.165) is 11.1 Å². The van der Waals surface area contributed by atoms with E-state index in [0.29, 0.717) is 11.9 Å². The molecule has 0 saturated carbocycles. The number of aromatic nitrogens is 1. The van der Waals surface area contributed by atoms with Crippen molar-refractivity contribution in [3.05, 3.63) is 99.2 Å². The summed E-state index contributed by atoms with van der Waals surface area (Å²) in [7, 11) is 1.28. The summed E-state index contributed by atoms with van der Waals surface area (Å²) in [6.45, 7) is 0.387. The number of hydrogen-bond donors (Lipinski definition) is 0. The van der Waals surface area contributed by atoms with Gasteiger partial charge in [0, 0.05) is 23.0 Å². The molecule has 0 radical (unpaired) electrons.